The van der Waals surface area contributed by atoms with Gasteiger partial charge in [0.1, 0.15) is 11.4 Å². The lowest BCUT2D eigenvalue weighted by Gasteiger charge is -2.27. The third kappa shape index (κ3) is 1.50. The summed E-state index contributed by atoms with van der Waals surface area (Å²) in [5.41, 5.74) is 6.38. The molecule has 0 unspecified atom stereocenters. The SMILES string of the molecule is CN1C(=O)COc2cc(Cl)c(N)c(Cl)c21. The van der Waals surface area contributed by atoms with Crippen molar-refractivity contribution in [2.24, 2.45) is 0 Å². The zero-order chi connectivity index (χ0) is 11.2. The number of ether oxygens (including phenoxy) is 1. The Morgan fingerprint density at radius 2 is 2.20 bits per heavy atom. The molecular formula is C9H8Cl2N2O2. The number of carbonyl (C=O) groups excluding carboxylic acids is 1. The maximum absolute atomic E-state index is 11.4. The van der Waals surface area contributed by atoms with Crippen LogP contribution in [0, 0.1) is 0 Å². The zero-order valence-corrected chi connectivity index (χ0v) is 9.39. The topological polar surface area (TPSA) is 55.6 Å². The quantitative estimate of drug-likeness (QED) is 0.712. The minimum absolute atomic E-state index is 0.0138. The van der Waals surface area contributed by atoms with E-state index < -0.39 is 0 Å². The van der Waals surface area contributed by atoms with Crippen LogP contribution in [0.2, 0.25) is 10.0 Å². The molecule has 1 aromatic rings. The molecule has 1 heterocycles. The van der Waals surface area contributed by atoms with Crippen LogP contribution in [-0.2, 0) is 4.79 Å². The van der Waals surface area contributed by atoms with Gasteiger partial charge in [-0.15, -0.1) is 0 Å². The summed E-state index contributed by atoms with van der Waals surface area (Å²) in [6.07, 6.45) is 0. The van der Waals surface area contributed by atoms with Crippen molar-refractivity contribution in [1.29, 1.82) is 0 Å². The van der Waals surface area contributed by atoms with E-state index in [2.05, 4.69) is 0 Å². The molecule has 0 fully saturated rings. The van der Waals surface area contributed by atoms with Gasteiger partial charge in [0, 0.05) is 13.1 Å². The predicted molar refractivity (Wildman–Crippen MR) is 59.8 cm³/mol. The normalized spacial score (nSPS) is 14.9. The number of rotatable bonds is 0. The van der Waals surface area contributed by atoms with Crippen LogP contribution in [0.15, 0.2) is 6.07 Å². The lowest BCUT2D eigenvalue weighted by atomic mass is 10.2. The van der Waals surface area contributed by atoms with Gasteiger partial charge in [0.25, 0.3) is 5.91 Å². The van der Waals surface area contributed by atoms with E-state index in [9.17, 15) is 4.79 Å². The molecule has 0 saturated carbocycles. The molecule has 1 aromatic carbocycles. The first-order valence-electron chi connectivity index (χ1n) is 4.19. The third-order valence-electron chi connectivity index (χ3n) is 2.25. The number of hydrogen-bond donors (Lipinski definition) is 1. The highest BCUT2D eigenvalue weighted by Crippen LogP contribution is 2.44. The van der Waals surface area contributed by atoms with Gasteiger partial charge >= 0.3 is 0 Å². The van der Waals surface area contributed by atoms with Crippen molar-refractivity contribution in [3.8, 4) is 5.75 Å². The Kier molecular flexibility index (Phi) is 2.40. The van der Waals surface area contributed by atoms with Crippen LogP contribution < -0.4 is 15.4 Å². The fraction of sp³-hybridized carbons (Fsp3) is 0.222. The number of anilines is 2. The van der Waals surface area contributed by atoms with Gasteiger partial charge < -0.3 is 15.4 Å². The smallest absolute Gasteiger partial charge is 0.264 e. The largest absolute Gasteiger partial charge is 0.481 e. The van der Waals surface area contributed by atoms with E-state index in [1.807, 2.05) is 0 Å². The van der Waals surface area contributed by atoms with Gasteiger partial charge in [-0.1, -0.05) is 23.2 Å². The Morgan fingerprint density at radius 3 is 2.87 bits per heavy atom. The summed E-state index contributed by atoms with van der Waals surface area (Å²) in [6, 6.07) is 1.56. The highest BCUT2D eigenvalue weighted by Gasteiger charge is 2.27. The standard InChI is InChI=1S/C9H8Cl2N2O2/c1-13-6(14)3-15-5-2-4(10)8(12)7(11)9(5)13/h2H,3,12H2,1H3. The molecule has 6 heteroatoms. The van der Waals surface area contributed by atoms with E-state index in [1.54, 1.807) is 13.1 Å². The van der Waals surface area contributed by atoms with Crippen LogP contribution >= 0.6 is 23.2 Å². The summed E-state index contributed by atoms with van der Waals surface area (Å²) in [5.74, 6) is 0.299. The number of nitrogen functional groups attached to an aromatic ring is 1. The number of hydrogen-bond acceptors (Lipinski definition) is 3. The van der Waals surface area contributed by atoms with E-state index in [4.69, 9.17) is 33.7 Å². The first-order chi connectivity index (χ1) is 7.02. The Morgan fingerprint density at radius 1 is 1.53 bits per heavy atom. The number of benzene rings is 1. The maximum Gasteiger partial charge on any atom is 0.264 e. The lowest BCUT2D eigenvalue weighted by Crippen LogP contribution is -2.35. The molecule has 0 spiro atoms. The van der Waals surface area contributed by atoms with Crippen molar-refractivity contribution >= 4 is 40.5 Å². The second-order valence-electron chi connectivity index (χ2n) is 3.17. The Balaban J connectivity index is 2.67. The Hall–Kier alpha value is -1.13. The molecular weight excluding hydrogens is 239 g/mol. The van der Waals surface area contributed by atoms with Crippen LogP contribution in [0.1, 0.15) is 0 Å². The summed E-state index contributed by atoms with van der Waals surface area (Å²) >= 11 is 11.8. The van der Waals surface area contributed by atoms with E-state index in [-0.39, 0.29) is 23.2 Å². The molecule has 1 aliphatic heterocycles. The Bertz CT molecular complexity index is 448. The van der Waals surface area contributed by atoms with E-state index in [1.165, 1.54) is 4.90 Å². The zero-order valence-electron chi connectivity index (χ0n) is 7.88. The molecule has 0 aromatic heterocycles. The predicted octanol–water partition coefficient (Wildman–Crippen LogP) is 1.93. The number of amides is 1. The van der Waals surface area contributed by atoms with Crippen LogP contribution in [-0.4, -0.2) is 19.6 Å². The summed E-state index contributed by atoms with van der Waals surface area (Å²) in [5, 5.41) is 0.564. The van der Waals surface area contributed by atoms with E-state index >= 15 is 0 Å². The van der Waals surface area contributed by atoms with Crippen molar-refractivity contribution in [2.75, 3.05) is 24.3 Å². The van der Waals surface area contributed by atoms with Crippen LogP contribution in [0.3, 0.4) is 0 Å². The number of fused-ring (bicyclic) bond motifs is 1. The van der Waals surface area contributed by atoms with Crippen molar-refractivity contribution in [1.82, 2.24) is 0 Å². The minimum Gasteiger partial charge on any atom is -0.481 e. The molecule has 0 bridgehead atoms. The van der Waals surface area contributed by atoms with Crippen molar-refractivity contribution in [3.05, 3.63) is 16.1 Å². The minimum atomic E-state index is -0.175. The molecule has 0 aliphatic carbocycles. The molecule has 0 radical (unpaired) electrons. The molecule has 80 valence electrons. The third-order valence-corrected chi connectivity index (χ3v) is 2.95. The first kappa shape index (κ1) is 10.4. The Labute approximate surface area is 96.5 Å². The van der Waals surface area contributed by atoms with Gasteiger partial charge in [-0.2, -0.15) is 0 Å². The number of nitrogens with two attached hydrogens (primary N) is 1. The van der Waals surface area contributed by atoms with E-state index in [0.717, 1.165) is 0 Å². The van der Waals surface area contributed by atoms with Gasteiger partial charge in [-0.3, -0.25) is 4.79 Å². The fourth-order valence-electron chi connectivity index (χ4n) is 1.39. The highest BCUT2D eigenvalue weighted by atomic mass is 35.5. The van der Waals surface area contributed by atoms with Crippen LogP contribution in [0.25, 0.3) is 0 Å². The number of carbonyl (C=O) groups is 1. The number of halogens is 2. The van der Waals surface area contributed by atoms with Crippen molar-refractivity contribution in [2.45, 2.75) is 0 Å². The summed E-state index contributed by atoms with van der Waals surface area (Å²) in [6.45, 7) is -0.0138. The average Bonchev–Trinajstić information content (AvgIpc) is 2.20. The molecule has 2 N–H and O–H groups in total. The van der Waals surface area contributed by atoms with Gasteiger partial charge in [-0.05, 0) is 0 Å². The molecule has 1 amide bonds. The van der Waals surface area contributed by atoms with E-state index in [0.29, 0.717) is 16.5 Å². The molecule has 0 saturated heterocycles. The fourth-order valence-corrected chi connectivity index (χ4v) is 1.95. The average molecular weight is 247 g/mol. The number of nitrogens with zero attached hydrogens (tertiary/aromatic N) is 1. The second-order valence-corrected chi connectivity index (χ2v) is 3.96. The molecule has 2 rings (SSSR count). The second kappa shape index (κ2) is 3.47. The highest BCUT2D eigenvalue weighted by molar-refractivity contribution is 6.41. The van der Waals surface area contributed by atoms with Gasteiger partial charge in [0.15, 0.2) is 6.61 Å². The maximum atomic E-state index is 11.4. The summed E-state index contributed by atoms with van der Waals surface area (Å²) in [4.78, 5) is 12.8. The van der Waals surface area contributed by atoms with Gasteiger partial charge in [-0.25, -0.2) is 0 Å². The lowest BCUT2D eigenvalue weighted by molar-refractivity contribution is -0.120. The molecule has 4 nitrogen and oxygen atoms in total. The van der Waals surface area contributed by atoms with Crippen molar-refractivity contribution in [3.63, 3.8) is 0 Å². The van der Waals surface area contributed by atoms with Crippen LogP contribution in [0.4, 0.5) is 11.4 Å². The molecule has 0 atom stereocenters. The summed E-state index contributed by atoms with van der Waals surface area (Å²) in [7, 11) is 1.61. The van der Waals surface area contributed by atoms with Gasteiger partial charge in [0.05, 0.1) is 15.7 Å². The first-order valence-corrected chi connectivity index (χ1v) is 4.94. The monoisotopic (exact) mass is 246 g/mol. The van der Waals surface area contributed by atoms with Crippen molar-refractivity contribution < 1.29 is 9.53 Å². The molecule has 1 aliphatic rings. The summed E-state index contributed by atoms with van der Waals surface area (Å²) < 4.78 is 5.21. The van der Waals surface area contributed by atoms with Gasteiger partial charge in [0.2, 0.25) is 0 Å². The van der Waals surface area contributed by atoms with Crippen LogP contribution in [0.5, 0.6) is 5.75 Å². The number of likely N-dealkylation sites (N-methyl/N-ethyl adjacent to an activating group) is 1. The molecule has 15 heavy (non-hydrogen) atoms.